The summed E-state index contributed by atoms with van der Waals surface area (Å²) in [6.45, 7) is 5.44. The number of carbonyl (C=O) groups excluding carboxylic acids is 2. The molecular weight excluding hydrogens is 408 g/mol. The van der Waals surface area contributed by atoms with Crippen molar-refractivity contribution < 1.29 is 9.59 Å². The Balaban J connectivity index is 1.57. The number of nitrogens with zero attached hydrogens (tertiary/aromatic N) is 4. The number of fused-ring (bicyclic) bond motifs is 1. The van der Waals surface area contributed by atoms with Crippen molar-refractivity contribution in [2.75, 3.05) is 0 Å². The Morgan fingerprint density at radius 3 is 2.19 bits per heavy atom. The van der Waals surface area contributed by atoms with E-state index in [0.29, 0.717) is 10.8 Å². The highest BCUT2D eigenvalue weighted by molar-refractivity contribution is 6.05. The van der Waals surface area contributed by atoms with E-state index in [2.05, 4.69) is 21.0 Å². The second kappa shape index (κ2) is 8.46. The molecule has 0 saturated carbocycles. The van der Waals surface area contributed by atoms with Gasteiger partial charge in [-0.1, -0.05) is 36.4 Å². The molecule has 2 amide bonds. The Kier molecular flexibility index (Phi) is 5.55. The lowest BCUT2D eigenvalue weighted by Gasteiger charge is -2.13. The molecule has 0 spiro atoms. The van der Waals surface area contributed by atoms with Crippen LogP contribution in [0.4, 0.5) is 0 Å². The summed E-state index contributed by atoms with van der Waals surface area (Å²) in [5.41, 5.74) is 6.25. The summed E-state index contributed by atoms with van der Waals surface area (Å²) in [4.78, 5) is 38.1. The number of hydrogen-bond donors (Lipinski definition) is 2. The van der Waals surface area contributed by atoms with E-state index in [0.717, 1.165) is 11.4 Å². The molecule has 2 N–H and O–H groups in total. The molecule has 2 aromatic carbocycles. The molecule has 9 heteroatoms. The number of hydrazine groups is 1. The molecule has 0 radical (unpaired) electrons. The summed E-state index contributed by atoms with van der Waals surface area (Å²) >= 11 is 0. The third-order valence-electron chi connectivity index (χ3n) is 4.94. The average Bonchev–Trinajstić information content (AvgIpc) is 3.19. The number of benzene rings is 2. The number of hydrogen-bond acceptors (Lipinski definition) is 5. The minimum absolute atomic E-state index is 0.0418. The molecule has 0 unspecified atom stereocenters. The van der Waals surface area contributed by atoms with E-state index in [9.17, 15) is 14.4 Å². The molecule has 2 heterocycles. The fraction of sp³-hybridized carbons (Fsp3) is 0.174. The maximum atomic E-state index is 12.8. The van der Waals surface area contributed by atoms with Gasteiger partial charge in [-0.3, -0.25) is 25.2 Å². The Labute approximate surface area is 183 Å². The molecule has 0 aliphatic carbocycles. The summed E-state index contributed by atoms with van der Waals surface area (Å²) in [5, 5.41) is 9.34. The zero-order valence-electron chi connectivity index (χ0n) is 17.9. The predicted molar refractivity (Wildman–Crippen MR) is 120 cm³/mol. The lowest BCUT2D eigenvalue weighted by atomic mass is 10.1. The first-order valence-corrected chi connectivity index (χ1v) is 10.1. The predicted octanol–water partition coefficient (Wildman–Crippen LogP) is 2.55. The lowest BCUT2D eigenvalue weighted by Crippen LogP contribution is -2.43. The number of carbonyl (C=O) groups is 2. The second-order valence-corrected chi connectivity index (χ2v) is 7.56. The van der Waals surface area contributed by atoms with Gasteiger partial charge in [-0.15, -0.1) is 0 Å². The fourth-order valence-electron chi connectivity index (χ4n) is 3.38. The van der Waals surface area contributed by atoms with Crippen LogP contribution in [0.15, 0.2) is 65.5 Å². The summed E-state index contributed by atoms with van der Waals surface area (Å²) in [6.07, 6.45) is 0. The zero-order valence-corrected chi connectivity index (χ0v) is 17.9. The van der Waals surface area contributed by atoms with E-state index in [-0.39, 0.29) is 23.0 Å². The molecule has 0 aliphatic heterocycles. The lowest BCUT2D eigenvalue weighted by molar-refractivity contribution is 0.0840. The SMILES string of the molecule is Cc1cc(C(=O)NNC(=O)c2nn(C(C)C)c(=O)c3ccccc23)nn1-c1ccccc1. The van der Waals surface area contributed by atoms with Crippen LogP contribution in [0.1, 0.15) is 46.6 Å². The molecule has 0 aliphatic rings. The summed E-state index contributed by atoms with van der Waals surface area (Å²) in [6, 6.07) is 17.5. The van der Waals surface area contributed by atoms with E-state index in [1.807, 2.05) is 37.3 Å². The second-order valence-electron chi connectivity index (χ2n) is 7.56. The van der Waals surface area contributed by atoms with Gasteiger partial charge in [-0.2, -0.15) is 10.2 Å². The molecule has 0 atom stereocenters. The van der Waals surface area contributed by atoms with Crippen molar-refractivity contribution in [1.82, 2.24) is 30.4 Å². The zero-order chi connectivity index (χ0) is 22.8. The van der Waals surface area contributed by atoms with Crippen molar-refractivity contribution in [2.45, 2.75) is 26.8 Å². The highest BCUT2D eigenvalue weighted by Crippen LogP contribution is 2.15. The van der Waals surface area contributed by atoms with Gasteiger partial charge >= 0.3 is 0 Å². The number of rotatable bonds is 4. The van der Waals surface area contributed by atoms with Crippen LogP contribution in [0.5, 0.6) is 0 Å². The molecule has 0 saturated heterocycles. The highest BCUT2D eigenvalue weighted by Gasteiger charge is 2.19. The van der Waals surface area contributed by atoms with Crippen LogP contribution in [0.2, 0.25) is 0 Å². The quantitative estimate of drug-likeness (QED) is 0.484. The number of amides is 2. The molecule has 162 valence electrons. The minimum atomic E-state index is -0.636. The van der Waals surface area contributed by atoms with E-state index < -0.39 is 11.8 Å². The molecule has 4 rings (SSSR count). The monoisotopic (exact) mass is 430 g/mol. The van der Waals surface area contributed by atoms with Crippen molar-refractivity contribution in [2.24, 2.45) is 0 Å². The fourth-order valence-corrected chi connectivity index (χ4v) is 3.38. The van der Waals surface area contributed by atoms with Crippen LogP contribution in [0, 0.1) is 6.92 Å². The maximum Gasteiger partial charge on any atom is 0.290 e. The van der Waals surface area contributed by atoms with Crippen molar-refractivity contribution in [3.8, 4) is 5.69 Å². The van der Waals surface area contributed by atoms with E-state index in [1.54, 1.807) is 48.9 Å². The standard InChI is InChI=1S/C23H22N6O3/c1-14(2)28-23(32)18-12-8-7-11-17(18)20(27-28)22(31)25-24-21(30)19-13-15(3)29(26-19)16-9-5-4-6-10-16/h4-14H,1-3H3,(H,24,30)(H,25,31). The number of nitrogens with one attached hydrogen (secondary N) is 2. The van der Waals surface area contributed by atoms with Crippen LogP contribution in [-0.2, 0) is 0 Å². The van der Waals surface area contributed by atoms with Gasteiger partial charge < -0.3 is 0 Å². The third kappa shape index (κ3) is 3.87. The molecule has 0 fully saturated rings. The summed E-state index contributed by atoms with van der Waals surface area (Å²) in [7, 11) is 0. The van der Waals surface area contributed by atoms with Gasteiger partial charge in [0, 0.05) is 11.1 Å². The van der Waals surface area contributed by atoms with Crippen molar-refractivity contribution in [1.29, 1.82) is 0 Å². The Hall–Kier alpha value is -4.27. The van der Waals surface area contributed by atoms with Gasteiger partial charge in [-0.05, 0) is 45.0 Å². The Bertz CT molecular complexity index is 1370. The maximum absolute atomic E-state index is 12.8. The number of aryl methyl sites for hydroxylation is 1. The average molecular weight is 430 g/mol. The van der Waals surface area contributed by atoms with Crippen LogP contribution >= 0.6 is 0 Å². The largest absolute Gasteiger partial charge is 0.290 e. The molecule has 9 nitrogen and oxygen atoms in total. The van der Waals surface area contributed by atoms with E-state index in [4.69, 9.17) is 0 Å². The summed E-state index contributed by atoms with van der Waals surface area (Å²) in [5.74, 6) is -1.21. The first-order valence-electron chi connectivity index (χ1n) is 10.1. The van der Waals surface area contributed by atoms with Crippen LogP contribution in [0.3, 0.4) is 0 Å². The van der Waals surface area contributed by atoms with Crippen molar-refractivity contribution in [3.63, 3.8) is 0 Å². The first-order chi connectivity index (χ1) is 15.4. The first kappa shape index (κ1) is 21.0. The molecule has 0 bridgehead atoms. The molecule has 2 aromatic heterocycles. The van der Waals surface area contributed by atoms with E-state index in [1.165, 1.54) is 4.68 Å². The van der Waals surface area contributed by atoms with Gasteiger partial charge in [0.05, 0.1) is 17.1 Å². The van der Waals surface area contributed by atoms with Gasteiger partial charge in [0.1, 0.15) is 0 Å². The smallest absolute Gasteiger partial charge is 0.267 e. The number of aromatic nitrogens is 4. The topological polar surface area (TPSA) is 111 Å². The number of para-hydroxylation sites is 1. The van der Waals surface area contributed by atoms with Gasteiger partial charge in [0.25, 0.3) is 17.4 Å². The van der Waals surface area contributed by atoms with Crippen LogP contribution < -0.4 is 16.4 Å². The van der Waals surface area contributed by atoms with Gasteiger partial charge in [-0.25, -0.2) is 9.36 Å². The van der Waals surface area contributed by atoms with Crippen molar-refractivity contribution in [3.05, 3.63) is 88.1 Å². The van der Waals surface area contributed by atoms with Gasteiger partial charge in [0.2, 0.25) is 0 Å². The Morgan fingerprint density at radius 1 is 0.875 bits per heavy atom. The third-order valence-corrected chi connectivity index (χ3v) is 4.94. The van der Waals surface area contributed by atoms with Crippen LogP contribution in [-0.4, -0.2) is 31.4 Å². The molecular formula is C23H22N6O3. The normalized spacial score (nSPS) is 11.0. The van der Waals surface area contributed by atoms with Gasteiger partial charge in [0.15, 0.2) is 11.4 Å². The van der Waals surface area contributed by atoms with Crippen LogP contribution in [0.25, 0.3) is 16.5 Å². The summed E-state index contributed by atoms with van der Waals surface area (Å²) < 4.78 is 2.90. The minimum Gasteiger partial charge on any atom is -0.267 e. The van der Waals surface area contributed by atoms with Crippen molar-refractivity contribution >= 4 is 22.6 Å². The van der Waals surface area contributed by atoms with E-state index >= 15 is 0 Å². The molecule has 4 aromatic rings. The Morgan fingerprint density at radius 2 is 1.50 bits per heavy atom. The highest BCUT2D eigenvalue weighted by atomic mass is 16.2. The molecule has 32 heavy (non-hydrogen) atoms.